The molecule has 26 heavy (non-hydrogen) atoms. The third-order valence-corrected chi connectivity index (χ3v) is 4.51. The summed E-state index contributed by atoms with van der Waals surface area (Å²) in [5, 5.41) is 2.33. The van der Waals surface area contributed by atoms with Gasteiger partial charge < -0.3 is 10.1 Å². The largest absolute Gasteiger partial charge is 0.452 e. The molecule has 0 bridgehead atoms. The first kappa shape index (κ1) is 18.2. The summed E-state index contributed by atoms with van der Waals surface area (Å²) in [7, 11) is 0. The van der Waals surface area contributed by atoms with E-state index in [1.54, 1.807) is 0 Å². The molecule has 1 aliphatic heterocycles. The lowest BCUT2D eigenvalue weighted by Gasteiger charge is -2.31. The van der Waals surface area contributed by atoms with E-state index in [9.17, 15) is 27.6 Å². The van der Waals surface area contributed by atoms with E-state index in [0.717, 1.165) is 23.1 Å². The number of benzene rings is 1. The predicted molar refractivity (Wildman–Crippen MR) is 85.3 cm³/mol. The van der Waals surface area contributed by atoms with Crippen LogP contribution in [0, 0.1) is 11.8 Å². The molecule has 1 N–H and O–H groups in total. The molecular formula is C17H17F3N2O4. The Morgan fingerprint density at radius 1 is 1.35 bits per heavy atom. The molecule has 1 aromatic carbocycles. The van der Waals surface area contributed by atoms with E-state index in [4.69, 9.17) is 4.74 Å². The van der Waals surface area contributed by atoms with Crippen LogP contribution in [0.3, 0.4) is 0 Å². The topological polar surface area (TPSA) is 75.7 Å². The van der Waals surface area contributed by atoms with Gasteiger partial charge in [-0.3, -0.25) is 19.3 Å². The molecule has 3 unspecified atom stereocenters. The lowest BCUT2D eigenvalue weighted by atomic mass is 10.1. The predicted octanol–water partition coefficient (Wildman–Crippen LogP) is 2.58. The highest BCUT2D eigenvalue weighted by Crippen LogP contribution is 2.39. The van der Waals surface area contributed by atoms with Crippen LogP contribution >= 0.6 is 0 Å². The molecule has 2 aliphatic rings. The van der Waals surface area contributed by atoms with Crippen LogP contribution < -0.4 is 10.2 Å². The number of carbonyl (C=O) groups excluding carboxylic acids is 3. The van der Waals surface area contributed by atoms with Crippen molar-refractivity contribution in [3.05, 3.63) is 23.8 Å². The average Bonchev–Trinajstić information content (AvgIpc) is 3.28. The van der Waals surface area contributed by atoms with Gasteiger partial charge in [-0.25, -0.2) is 0 Å². The Balaban J connectivity index is 1.81. The van der Waals surface area contributed by atoms with E-state index in [2.05, 4.69) is 5.32 Å². The lowest BCUT2D eigenvalue weighted by molar-refractivity contribution is -0.155. The van der Waals surface area contributed by atoms with Crippen LogP contribution in [-0.2, 0) is 25.3 Å². The molecule has 1 saturated carbocycles. The number of ether oxygens (including phenoxy) is 1. The highest BCUT2D eigenvalue weighted by molar-refractivity contribution is 6.11. The minimum atomic E-state index is -4.57. The Hall–Kier alpha value is -2.58. The van der Waals surface area contributed by atoms with Crippen molar-refractivity contribution in [2.75, 3.05) is 16.8 Å². The van der Waals surface area contributed by atoms with Crippen molar-refractivity contribution >= 4 is 29.2 Å². The normalized spacial score (nSPS) is 23.0. The molecule has 1 aliphatic carbocycles. The van der Waals surface area contributed by atoms with E-state index < -0.39 is 35.6 Å². The van der Waals surface area contributed by atoms with E-state index in [0.29, 0.717) is 6.42 Å². The molecular weight excluding hydrogens is 353 g/mol. The van der Waals surface area contributed by atoms with Crippen molar-refractivity contribution < 1.29 is 32.3 Å². The molecule has 3 rings (SSSR count). The van der Waals surface area contributed by atoms with Crippen molar-refractivity contribution in [1.82, 2.24) is 0 Å². The minimum absolute atomic E-state index is 0.112. The maximum Gasteiger partial charge on any atom is 0.416 e. The van der Waals surface area contributed by atoms with Gasteiger partial charge in [0.1, 0.15) is 6.54 Å². The van der Waals surface area contributed by atoms with Gasteiger partial charge in [-0.1, -0.05) is 6.92 Å². The second-order valence-corrected chi connectivity index (χ2v) is 6.60. The molecule has 1 aromatic rings. The van der Waals surface area contributed by atoms with Gasteiger partial charge in [0.2, 0.25) is 5.91 Å². The number of nitrogens with zero attached hydrogens (tertiary/aromatic N) is 1. The molecule has 2 amide bonds. The first-order valence-corrected chi connectivity index (χ1v) is 8.11. The number of carbonyl (C=O) groups is 3. The molecule has 0 aromatic heterocycles. The fourth-order valence-corrected chi connectivity index (χ4v) is 2.85. The van der Waals surface area contributed by atoms with Gasteiger partial charge in [-0.05, 0) is 37.5 Å². The molecule has 140 valence electrons. The van der Waals surface area contributed by atoms with Crippen LogP contribution in [0.15, 0.2) is 18.2 Å². The zero-order valence-corrected chi connectivity index (χ0v) is 14.1. The second-order valence-electron chi connectivity index (χ2n) is 6.60. The van der Waals surface area contributed by atoms with Crippen molar-refractivity contribution in [1.29, 1.82) is 0 Å². The van der Waals surface area contributed by atoms with E-state index >= 15 is 0 Å². The maximum absolute atomic E-state index is 12.8. The van der Waals surface area contributed by atoms with E-state index in [-0.39, 0.29) is 29.8 Å². The average molecular weight is 370 g/mol. The Labute approximate surface area is 147 Å². The van der Waals surface area contributed by atoms with E-state index in [1.165, 1.54) is 6.92 Å². The molecule has 1 heterocycles. The Kier molecular flexibility index (Phi) is 4.41. The van der Waals surface area contributed by atoms with Gasteiger partial charge in [-0.2, -0.15) is 13.2 Å². The van der Waals surface area contributed by atoms with Gasteiger partial charge in [0.15, 0.2) is 6.10 Å². The third-order valence-electron chi connectivity index (χ3n) is 4.51. The number of alkyl halides is 3. The Morgan fingerprint density at radius 2 is 2.00 bits per heavy atom. The van der Waals surface area contributed by atoms with Crippen LogP contribution in [0.25, 0.3) is 0 Å². The third kappa shape index (κ3) is 3.51. The summed E-state index contributed by atoms with van der Waals surface area (Å²) < 4.78 is 43.7. The summed E-state index contributed by atoms with van der Waals surface area (Å²) in [6.45, 7) is 2.91. The first-order chi connectivity index (χ1) is 12.1. The smallest absolute Gasteiger partial charge is 0.416 e. The van der Waals surface area contributed by atoms with Crippen LogP contribution in [0.5, 0.6) is 0 Å². The zero-order chi connectivity index (χ0) is 19.2. The molecule has 1 fully saturated rings. The van der Waals surface area contributed by atoms with Crippen LogP contribution in [0.1, 0.15) is 25.8 Å². The molecule has 3 atom stereocenters. The zero-order valence-electron chi connectivity index (χ0n) is 14.1. The summed E-state index contributed by atoms with van der Waals surface area (Å²) in [4.78, 5) is 37.3. The number of anilines is 2. The summed E-state index contributed by atoms with van der Waals surface area (Å²) in [5.41, 5.74) is -0.919. The van der Waals surface area contributed by atoms with Gasteiger partial charge >= 0.3 is 12.1 Å². The monoisotopic (exact) mass is 370 g/mol. The highest BCUT2D eigenvalue weighted by Gasteiger charge is 2.42. The summed E-state index contributed by atoms with van der Waals surface area (Å²) in [6, 6.07) is 2.72. The Morgan fingerprint density at radius 3 is 2.58 bits per heavy atom. The lowest BCUT2D eigenvalue weighted by Crippen LogP contribution is -2.47. The summed E-state index contributed by atoms with van der Waals surface area (Å²) in [6.07, 6.45) is -5.01. The van der Waals surface area contributed by atoms with Gasteiger partial charge in [0.25, 0.3) is 5.91 Å². The van der Waals surface area contributed by atoms with Crippen LogP contribution in [0.2, 0.25) is 0 Å². The quantitative estimate of drug-likeness (QED) is 0.830. The number of halogens is 3. The van der Waals surface area contributed by atoms with Gasteiger partial charge in [0.05, 0.1) is 22.9 Å². The minimum Gasteiger partial charge on any atom is -0.452 e. The SMILES string of the molecule is CC(OC(=O)C1CC1C)C(=O)N1CC(=O)Nc2cc(C(F)(F)F)ccc21. The number of rotatable bonds is 3. The fourth-order valence-electron chi connectivity index (χ4n) is 2.85. The highest BCUT2D eigenvalue weighted by atomic mass is 19.4. The summed E-state index contributed by atoms with van der Waals surface area (Å²) >= 11 is 0. The van der Waals surface area contributed by atoms with Gasteiger partial charge in [0, 0.05) is 0 Å². The van der Waals surface area contributed by atoms with Crippen LogP contribution in [-0.4, -0.2) is 30.4 Å². The molecule has 6 nitrogen and oxygen atoms in total. The van der Waals surface area contributed by atoms with Crippen molar-refractivity contribution in [2.24, 2.45) is 11.8 Å². The van der Waals surface area contributed by atoms with Crippen molar-refractivity contribution in [2.45, 2.75) is 32.5 Å². The summed E-state index contributed by atoms with van der Waals surface area (Å²) in [5.74, 6) is -1.78. The second kappa shape index (κ2) is 6.30. The van der Waals surface area contributed by atoms with Crippen molar-refractivity contribution in [3.63, 3.8) is 0 Å². The van der Waals surface area contributed by atoms with Gasteiger partial charge in [-0.15, -0.1) is 0 Å². The van der Waals surface area contributed by atoms with Crippen molar-refractivity contribution in [3.8, 4) is 0 Å². The molecule has 0 spiro atoms. The number of nitrogens with one attached hydrogen (secondary N) is 1. The van der Waals surface area contributed by atoms with Crippen LogP contribution in [0.4, 0.5) is 24.5 Å². The molecule has 0 radical (unpaired) electrons. The molecule has 9 heteroatoms. The number of hydrogen-bond acceptors (Lipinski definition) is 4. The first-order valence-electron chi connectivity index (χ1n) is 8.11. The number of hydrogen-bond donors (Lipinski definition) is 1. The number of amides is 2. The standard InChI is InChI=1S/C17H17F3N2O4/c1-8-5-11(8)16(25)26-9(2)15(24)22-7-14(23)21-12-6-10(17(18,19)20)3-4-13(12)22/h3-4,6,8-9,11H,5,7H2,1-2H3,(H,21,23). The maximum atomic E-state index is 12.8. The Bertz CT molecular complexity index is 778. The van der Waals surface area contributed by atoms with E-state index in [1.807, 2.05) is 6.92 Å². The number of esters is 1. The molecule has 0 saturated heterocycles. The number of fused-ring (bicyclic) bond motifs is 1. The fraction of sp³-hybridized carbons (Fsp3) is 0.471.